The summed E-state index contributed by atoms with van der Waals surface area (Å²) in [6.07, 6.45) is -3.10. The van der Waals surface area contributed by atoms with E-state index in [-0.39, 0.29) is 35.4 Å². The summed E-state index contributed by atoms with van der Waals surface area (Å²) in [4.78, 5) is 50.3. The Balaban J connectivity index is 1.85. The third-order valence-corrected chi connectivity index (χ3v) is 12.1. The number of hydrogen-bond donors (Lipinski definition) is 3. The molecule has 3 N–H and O–H groups in total. The number of aliphatic hydroxyl groups excluding tert-OH is 1. The summed E-state index contributed by atoms with van der Waals surface area (Å²) >= 11 is 0. The highest BCUT2D eigenvalue weighted by molar-refractivity contribution is 6.74. The monoisotopic (exact) mass is 587 g/mol. The highest BCUT2D eigenvalue weighted by Gasteiger charge is 2.64. The number of aromatic nitrogens is 4. The molecule has 1 fully saturated rings. The van der Waals surface area contributed by atoms with Gasteiger partial charge in [-0.15, -0.1) is 0 Å². The highest BCUT2D eigenvalue weighted by atomic mass is 28.4. The molecule has 41 heavy (non-hydrogen) atoms. The number of H-pyrrole nitrogens is 1. The molecule has 0 aliphatic carbocycles. The lowest BCUT2D eigenvalue weighted by molar-refractivity contribution is -0.191. The van der Waals surface area contributed by atoms with Crippen LogP contribution < -0.4 is 10.9 Å². The van der Waals surface area contributed by atoms with Crippen LogP contribution in [0.15, 0.2) is 41.5 Å². The molecular weight excluding hydrogens is 550 g/mol. The number of anilines is 1. The molecule has 14 heteroatoms. The van der Waals surface area contributed by atoms with Gasteiger partial charge >= 0.3 is 5.97 Å². The molecule has 4 rings (SSSR count). The number of carbonyl (C=O) groups is 2. The number of aliphatic hydroxyl groups is 1. The lowest BCUT2D eigenvalue weighted by Crippen LogP contribution is -2.59. The van der Waals surface area contributed by atoms with Gasteiger partial charge in [0.25, 0.3) is 5.56 Å². The van der Waals surface area contributed by atoms with E-state index >= 15 is 0 Å². The first-order chi connectivity index (χ1) is 19.2. The first-order valence-electron chi connectivity index (χ1n) is 13.2. The quantitative estimate of drug-likeness (QED) is 0.250. The number of fused-ring (bicyclic) bond motifs is 1. The predicted molar refractivity (Wildman–Crippen MR) is 151 cm³/mol. The Labute approximate surface area is 238 Å². The van der Waals surface area contributed by atoms with Crippen molar-refractivity contribution < 1.29 is 33.3 Å². The summed E-state index contributed by atoms with van der Waals surface area (Å²) in [5.74, 6) is -1.59. The lowest BCUT2D eigenvalue weighted by Gasteiger charge is -2.42. The Hall–Kier alpha value is -3.43. The van der Waals surface area contributed by atoms with Crippen molar-refractivity contribution in [2.24, 2.45) is 0 Å². The van der Waals surface area contributed by atoms with Crippen LogP contribution in [0.4, 0.5) is 5.95 Å². The number of ether oxygens (including phenoxy) is 3. The van der Waals surface area contributed by atoms with Gasteiger partial charge in [0.15, 0.2) is 25.7 Å². The van der Waals surface area contributed by atoms with Crippen molar-refractivity contribution in [1.29, 1.82) is 0 Å². The standard InChI is InChI=1S/C27H37N5O8Si/c1-16(33)30-25-31-21-18(28-15-29-21)22(35)32(25)23-19(34)20(40-41(6,7)26(2,3)4)27(39-23,24(36)37-5)14-38-13-17-11-9-8-10-12-17/h8-12,15,19-20,23,34H,13-14H2,1-7H3,(H,28,29)(H,30,31,33)/t19-,20+,23+,27-/m1/s1. The number of methoxy groups -OCH3 is 1. The molecule has 222 valence electrons. The minimum atomic E-state index is -2.67. The molecule has 2 aromatic heterocycles. The number of hydrogen-bond acceptors (Lipinski definition) is 10. The van der Waals surface area contributed by atoms with E-state index in [0.29, 0.717) is 0 Å². The van der Waals surface area contributed by atoms with Crippen LogP contribution in [0.2, 0.25) is 18.1 Å². The van der Waals surface area contributed by atoms with Gasteiger partial charge in [0.2, 0.25) is 17.5 Å². The summed E-state index contributed by atoms with van der Waals surface area (Å²) in [5, 5.41) is 14.0. The Morgan fingerprint density at radius 3 is 2.54 bits per heavy atom. The maximum Gasteiger partial charge on any atom is 0.343 e. The molecule has 1 aromatic carbocycles. The number of nitrogens with zero attached hydrogens (tertiary/aromatic N) is 3. The van der Waals surface area contributed by atoms with Crippen LogP contribution in [0.3, 0.4) is 0 Å². The summed E-state index contributed by atoms with van der Waals surface area (Å²) in [7, 11) is -1.48. The summed E-state index contributed by atoms with van der Waals surface area (Å²) in [6.45, 7) is 11.0. The van der Waals surface area contributed by atoms with Gasteiger partial charge in [0, 0.05) is 6.92 Å². The maximum absolute atomic E-state index is 13.7. The van der Waals surface area contributed by atoms with E-state index in [9.17, 15) is 19.5 Å². The number of amides is 1. The van der Waals surface area contributed by atoms with Gasteiger partial charge in [-0.1, -0.05) is 51.1 Å². The van der Waals surface area contributed by atoms with Crippen LogP contribution in [0.1, 0.15) is 39.5 Å². The van der Waals surface area contributed by atoms with Crippen molar-refractivity contribution in [3.8, 4) is 0 Å². The molecule has 0 spiro atoms. The molecule has 4 atom stereocenters. The zero-order chi connectivity index (χ0) is 30.2. The van der Waals surface area contributed by atoms with E-state index in [2.05, 4.69) is 20.3 Å². The Kier molecular flexibility index (Phi) is 8.52. The molecule has 1 aliphatic rings. The van der Waals surface area contributed by atoms with Crippen molar-refractivity contribution in [2.75, 3.05) is 19.0 Å². The summed E-state index contributed by atoms with van der Waals surface area (Å²) in [5.41, 5.74) is -1.73. The SMILES string of the molecule is COC(=O)[C@]1(COCc2ccccc2)O[C@H](n2c(NC(C)=O)nc3nc[nH]c3c2=O)[C@H](O)[C@@H]1O[Si](C)(C)C(C)(C)C. The van der Waals surface area contributed by atoms with Gasteiger partial charge in [-0.3, -0.25) is 14.9 Å². The third-order valence-electron chi connectivity index (χ3n) is 7.61. The van der Waals surface area contributed by atoms with E-state index in [1.54, 1.807) is 0 Å². The number of imidazole rings is 1. The average molecular weight is 588 g/mol. The fraction of sp³-hybridized carbons (Fsp3) is 0.519. The van der Waals surface area contributed by atoms with Gasteiger partial charge in [-0.2, -0.15) is 4.98 Å². The second-order valence-corrected chi connectivity index (χ2v) is 16.3. The average Bonchev–Trinajstić information content (AvgIpc) is 3.47. The zero-order valence-electron chi connectivity index (χ0n) is 24.3. The minimum Gasteiger partial charge on any atom is -0.467 e. The molecule has 3 heterocycles. The Morgan fingerprint density at radius 1 is 1.24 bits per heavy atom. The van der Waals surface area contributed by atoms with Gasteiger partial charge in [-0.25, -0.2) is 14.3 Å². The second-order valence-electron chi connectivity index (χ2n) is 11.6. The van der Waals surface area contributed by atoms with E-state index in [0.717, 1.165) is 10.1 Å². The predicted octanol–water partition coefficient (Wildman–Crippen LogP) is 2.49. The minimum absolute atomic E-state index is 0.0210. The zero-order valence-corrected chi connectivity index (χ0v) is 25.3. The van der Waals surface area contributed by atoms with Crippen molar-refractivity contribution in [3.05, 3.63) is 52.6 Å². The molecule has 0 unspecified atom stereocenters. The molecule has 1 amide bonds. The second kappa shape index (κ2) is 11.4. The topological polar surface area (TPSA) is 167 Å². The van der Waals surface area contributed by atoms with Gasteiger partial charge in [-0.05, 0) is 23.7 Å². The Morgan fingerprint density at radius 2 is 1.93 bits per heavy atom. The van der Waals surface area contributed by atoms with E-state index in [4.69, 9.17) is 18.6 Å². The first kappa shape index (κ1) is 30.5. The van der Waals surface area contributed by atoms with Crippen LogP contribution in [-0.2, 0) is 34.8 Å². The molecule has 13 nitrogen and oxygen atoms in total. The molecule has 0 bridgehead atoms. The van der Waals surface area contributed by atoms with E-state index in [1.165, 1.54) is 20.4 Å². The summed E-state index contributed by atoms with van der Waals surface area (Å²) in [6, 6.07) is 9.33. The molecule has 3 aromatic rings. The normalized spacial score (nSPS) is 23.1. The van der Waals surface area contributed by atoms with Gasteiger partial charge < -0.3 is 28.7 Å². The van der Waals surface area contributed by atoms with Crippen LogP contribution in [0, 0.1) is 0 Å². The van der Waals surface area contributed by atoms with Gasteiger partial charge in [0.05, 0.1) is 26.7 Å². The molecule has 1 aliphatic heterocycles. The molecule has 0 saturated carbocycles. The number of esters is 1. The number of carbonyl (C=O) groups excluding carboxylic acids is 2. The fourth-order valence-corrected chi connectivity index (χ4v) is 5.75. The smallest absolute Gasteiger partial charge is 0.343 e. The lowest BCUT2D eigenvalue weighted by atomic mass is 9.96. The fourth-order valence-electron chi connectivity index (χ4n) is 4.43. The first-order valence-corrected chi connectivity index (χ1v) is 16.1. The molecular formula is C27H37N5O8Si. The molecule has 1 saturated heterocycles. The highest BCUT2D eigenvalue weighted by Crippen LogP contribution is 2.46. The van der Waals surface area contributed by atoms with Crippen molar-refractivity contribution in [1.82, 2.24) is 19.5 Å². The van der Waals surface area contributed by atoms with Crippen LogP contribution in [-0.4, -0.2) is 76.3 Å². The number of nitrogens with one attached hydrogen (secondary N) is 2. The molecule has 0 radical (unpaired) electrons. The van der Waals surface area contributed by atoms with Crippen LogP contribution >= 0.6 is 0 Å². The Bertz CT molecular complexity index is 1470. The number of rotatable bonds is 9. The van der Waals surface area contributed by atoms with Crippen molar-refractivity contribution >= 4 is 37.3 Å². The number of benzene rings is 1. The van der Waals surface area contributed by atoms with Crippen LogP contribution in [0.25, 0.3) is 11.2 Å². The van der Waals surface area contributed by atoms with E-state index < -0.39 is 49.8 Å². The van der Waals surface area contributed by atoms with Crippen LogP contribution in [0.5, 0.6) is 0 Å². The maximum atomic E-state index is 13.7. The van der Waals surface area contributed by atoms with E-state index in [1.807, 2.05) is 64.2 Å². The number of aromatic amines is 1. The summed E-state index contributed by atoms with van der Waals surface area (Å²) < 4.78 is 25.1. The third kappa shape index (κ3) is 5.83. The van der Waals surface area contributed by atoms with Gasteiger partial charge in [0.1, 0.15) is 12.2 Å². The van der Waals surface area contributed by atoms with Crippen molar-refractivity contribution in [3.63, 3.8) is 0 Å². The largest absolute Gasteiger partial charge is 0.467 e. The van der Waals surface area contributed by atoms with Crippen molar-refractivity contribution in [2.45, 2.75) is 76.5 Å².